The molecule has 1 fully saturated rings. The van der Waals surface area contributed by atoms with Gasteiger partial charge < -0.3 is 4.74 Å². The Morgan fingerprint density at radius 2 is 1.93 bits per heavy atom. The summed E-state index contributed by atoms with van der Waals surface area (Å²) in [5.41, 5.74) is 2.76. The number of methoxy groups -OCH3 is 1. The topological polar surface area (TPSA) is 44.5 Å². The highest BCUT2D eigenvalue weighted by Crippen LogP contribution is 2.48. The van der Waals surface area contributed by atoms with E-state index in [9.17, 15) is 0 Å². The van der Waals surface area contributed by atoms with E-state index in [1.807, 2.05) is 0 Å². The van der Waals surface area contributed by atoms with E-state index in [4.69, 9.17) is 10.6 Å². The average molecular weight is 207 g/mol. The van der Waals surface area contributed by atoms with E-state index >= 15 is 0 Å². The maximum Gasteiger partial charge on any atom is 0.0930 e. The highest BCUT2D eigenvalue weighted by atomic mass is 16.6. The molecule has 3 heteroatoms. The monoisotopic (exact) mass is 207 g/mol. The first-order valence-electron chi connectivity index (χ1n) is 5.21. The third-order valence-electron chi connectivity index (χ3n) is 3.09. The molecule has 3 nitrogen and oxygen atoms in total. The van der Waals surface area contributed by atoms with Crippen molar-refractivity contribution in [2.24, 2.45) is 5.90 Å². The van der Waals surface area contributed by atoms with Gasteiger partial charge in [-0.15, -0.1) is 0 Å². The summed E-state index contributed by atoms with van der Waals surface area (Å²) in [5.74, 6) is 5.02. The van der Waals surface area contributed by atoms with Gasteiger partial charge in [-0.2, -0.15) is 0 Å². The van der Waals surface area contributed by atoms with Crippen molar-refractivity contribution in [1.29, 1.82) is 0 Å². The van der Waals surface area contributed by atoms with Crippen molar-refractivity contribution in [1.82, 2.24) is 0 Å². The summed E-state index contributed by atoms with van der Waals surface area (Å²) in [5, 5.41) is 0. The molecule has 0 unspecified atom stereocenters. The van der Waals surface area contributed by atoms with Crippen LogP contribution < -0.4 is 5.90 Å². The van der Waals surface area contributed by atoms with Crippen LogP contribution in [-0.4, -0.2) is 13.7 Å². The second kappa shape index (κ2) is 4.31. The maximum absolute atomic E-state index is 5.26. The van der Waals surface area contributed by atoms with Crippen LogP contribution in [0, 0.1) is 0 Å². The van der Waals surface area contributed by atoms with Crippen LogP contribution in [-0.2, 0) is 21.6 Å². The molecule has 2 N–H and O–H groups in total. The quantitative estimate of drug-likeness (QED) is 0.748. The van der Waals surface area contributed by atoms with Gasteiger partial charge in [-0.05, 0) is 24.0 Å². The molecular formula is C12H17NO2. The normalized spacial score (nSPS) is 17.7. The molecule has 1 saturated carbocycles. The fourth-order valence-corrected chi connectivity index (χ4v) is 1.99. The Balaban J connectivity index is 2.10. The smallest absolute Gasteiger partial charge is 0.0930 e. The lowest BCUT2D eigenvalue weighted by Crippen LogP contribution is -2.13. The van der Waals surface area contributed by atoms with Crippen LogP contribution >= 0.6 is 0 Å². The summed E-state index contributed by atoms with van der Waals surface area (Å²) in [6.07, 6.45) is 2.46. The molecule has 1 aliphatic carbocycles. The van der Waals surface area contributed by atoms with Crippen LogP contribution in [0.1, 0.15) is 24.0 Å². The minimum Gasteiger partial charge on any atom is -0.384 e. The van der Waals surface area contributed by atoms with Gasteiger partial charge in [-0.25, -0.2) is 5.90 Å². The lowest BCUT2D eigenvalue weighted by atomic mass is 9.96. The number of nitrogens with two attached hydrogens (primary N) is 1. The zero-order valence-corrected chi connectivity index (χ0v) is 9.03. The lowest BCUT2D eigenvalue weighted by Gasteiger charge is -2.14. The second-order valence-corrected chi connectivity index (χ2v) is 4.22. The van der Waals surface area contributed by atoms with Crippen molar-refractivity contribution in [2.75, 3.05) is 13.7 Å². The molecule has 0 amide bonds. The Morgan fingerprint density at radius 3 is 2.40 bits per heavy atom. The van der Waals surface area contributed by atoms with E-state index in [2.05, 4.69) is 29.1 Å². The molecule has 82 valence electrons. The van der Waals surface area contributed by atoms with E-state index < -0.39 is 0 Å². The van der Waals surface area contributed by atoms with E-state index in [1.54, 1.807) is 7.11 Å². The summed E-state index contributed by atoms with van der Waals surface area (Å²) in [6.45, 7) is 1.29. The summed E-state index contributed by atoms with van der Waals surface area (Å²) in [4.78, 5) is 4.59. The molecule has 0 spiro atoms. The number of hydrogen-bond donors (Lipinski definition) is 1. The van der Waals surface area contributed by atoms with E-state index in [0.717, 1.165) is 12.2 Å². The zero-order chi connectivity index (χ0) is 10.7. The van der Waals surface area contributed by atoms with Crippen LogP contribution in [0.3, 0.4) is 0 Å². The molecule has 0 aliphatic heterocycles. The van der Waals surface area contributed by atoms with Crippen molar-refractivity contribution in [3.05, 3.63) is 35.4 Å². The van der Waals surface area contributed by atoms with Gasteiger partial charge in [0.2, 0.25) is 0 Å². The molecule has 0 bridgehead atoms. The first kappa shape index (κ1) is 10.6. The highest BCUT2D eigenvalue weighted by molar-refractivity contribution is 5.33. The molecule has 1 aliphatic rings. The first-order valence-corrected chi connectivity index (χ1v) is 5.21. The average Bonchev–Trinajstić information content (AvgIpc) is 3.01. The number of ether oxygens (including phenoxy) is 1. The molecule has 0 aromatic heterocycles. The fraction of sp³-hybridized carbons (Fsp3) is 0.500. The van der Waals surface area contributed by atoms with Gasteiger partial charge in [0, 0.05) is 12.5 Å². The van der Waals surface area contributed by atoms with Gasteiger partial charge in [-0.1, -0.05) is 24.3 Å². The minimum absolute atomic E-state index is 0.289. The van der Waals surface area contributed by atoms with Crippen LogP contribution in [0.5, 0.6) is 0 Å². The molecule has 2 rings (SSSR count). The predicted molar refractivity (Wildman–Crippen MR) is 58.2 cm³/mol. The van der Waals surface area contributed by atoms with Crippen molar-refractivity contribution in [3.63, 3.8) is 0 Å². The standard InChI is InChI=1S/C12H17NO2/c1-14-9-12(6-7-12)11-4-2-10(3-5-11)8-15-13/h2-5H,6-9,13H2,1H3. The van der Waals surface area contributed by atoms with Crippen LogP contribution in [0.15, 0.2) is 24.3 Å². The molecular weight excluding hydrogens is 190 g/mol. The third-order valence-corrected chi connectivity index (χ3v) is 3.09. The second-order valence-electron chi connectivity index (χ2n) is 4.22. The molecule has 0 atom stereocenters. The van der Waals surface area contributed by atoms with Gasteiger partial charge in [-0.3, -0.25) is 4.84 Å². The third kappa shape index (κ3) is 2.20. The number of hydrogen-bond acceptors (Lipinski definition) is 3. The van der Waals surface area contributed by atoms with Crippen LogP contribution in [0.2, 0.25) is 0 Å². The van der Waals surface area contributed by atoms with E-state index in [-0.39, 0.29) is 5.41 Å². The Morgan fingerprint density at radius 1 is 1.27 bits per heavy atom. The largest absolute Gasteiger partial charge is 0.384 e. The molecule has 0 saturated heterocycles. The zero-order valence-electron chi connectivity index (χ0n) is 9.03. The van der Waals surface area contributed by atoms with Crippen molar-refractivity contribution >= 4 is 0 Å². The van der Waals surface area contributed by atoms with Gasteiger partial charge in [0.05, 0.1) is 13.2 Å². The van der Waals surface area contributed by atoms with Gasteiger partial charge >= 0.3 is 0 Å². The number of rotatable bonds is 5. The summed E-state index contributed by atoms with van der Waals surface area (Å²) < 4.78 is 5.26. The molecule has 0 radical (unpaired) electrons. The van der Waals surface area contributed by atoms with Crippen molar-refractivity contribution in [2.45, 2.75) is 24.9 Å². The summed E-state index contributed by atoms with van der Waals surface area (Å²) >= 11 is 0. The Labute approximate surface area is 90.1 Å². The molecule has 1 aromatic carbocycles. The van der Waals surface area contributed by atoms with E-state index in [1.165, 1.54) is 18.4 Å². The molecule has 0 heterocycles. The SMILES string of the molecule is COCC1(c2ccc(CON)cc2)CC1. The summed E-state index contributed by atoms with van der Waals surface area (Å²) in [7, 11) is 1.76. The van der Waals surface area contributed by atoms with Crippen molar-refractivity contribution < 1.29 is 9.57 Å². The fourth-order valence-electron chi connectivity index (χ4n) is 1.99. The molecule has 1 aromatic rings. The van der Waals surface area contributed by atoms with Gasteiger partial charge in [0.15, 0.2) is 0 Å². The lowest BCUT2D eigenvalue weighted by molar-refractivity contribution is 0.124. The maximum atomic E-state index is 5.26. The van der Waals surface area contributed by atoms with Crippen molar-refractivity contribution in [3.8, 4) is 0 Å². The van der Waals surface area contributed by atoms with Crippen LogP contribution in [0.25, 0.3) is 0 Å². The first-order chi connectivity index (χ1) is 7.30. The van der Waals surface area contributed by atoms with Gasteiger partial charge in [0.1, 0.15) is 0 Å². The highest BCUT2D eigenvalue weighted by Gasteiger charge is 2.44. The van der Waals surface area contributed by atoms with E-state index in [0.29, 0.717) is 6.61 Å². The molecule has 15 heavy (non-hydrogen) atoms. The Hall–Kier alpha value is -0.900. The number of benzene rings is 1. The van der Waals surface area contributed by atoms with Crippen LogP contribution in [0.4, 0.5) is 0 Å². The predicted octanol–water partition coefficient (Wildman–Crippen LogP) is 1.75. The Kier molecular flexibility index (Phi) is 3.05. The minimum atomic E-state index is 0.289. The van der Waals surface area contributed by atoms with Gasteiger partial charge in [0.25, 0.3) is 0 Å². The summed E-state index contributed by atoms with van der Waals surface area (Å²) in [6, 6.07) is 8.44. The Bertz CT molecular complexity index is 317.